The first-order chi connectivity index (χ1) is 10.1. The van der Waals surface area contributed by atoms with Gasteiger partial charge in [0.25, 0.3) is 0 Å². The Bertz CT molecular complexity index is 478. The maximum Gasteiger partial charge on any atom is 0.317 e. The summed E-state index contributed by atoms with van der Waals surface area (Å²) in [5.41, 5.74) is 1.06. The quantitative estimate of drug-likeness (QED) is 0.827. The molecule has 1 aromatic heterocycles. The molecule has 1 aliphatic heterocycles. The fraction of sp³-hybridized carbons (Fsp3) is 0.667. The van der Waals surface area contributed by atoms with Crippen molar-refractivity contribution in [1.29, 1.82) is 0 Å². The van der Waals surface area contributed by atoms with Crippen LogP contribution in [0.15, 0.2) is 12.4 Å². The third kappa shape index (κ3) is 4.67. The van der Waals surface area contributed by atoms with E-state index in [0.717, 1.165) is 44.0 Å². The molecule has 21 heavy (non-hydrogen) atoms. The van der Waals surface area contributed by atoms with Crippen LogP contribution in [0.2, 0.25) is 0 Å². The van der Waals surface area contributed by atoms with E-state index in [9.17, 15) is 4.79 Å². The first-order valence-electron chi connectivity index (χ1n) is 7.55. The van der Waals surface area contributed by atoms with Gasteiger partial charge in [-0.25, -0.2) is 9.97 Å². The first-order valence-corrected chi connectivity index (χ1v) is 7.55. The van der Waals surface area contributed by atoms with Crippen LogP contribution in [-0.2, 0) is 4.79 Å². The zero-order valence-corrected chi connectivity index (χ0v) is 12.7. The molecule has 1 saturated heterocycles. The highest BCUT2D eigenvalue weighted by molar-refractivity contribution is 5.68. The number of carboxylic acid groups (broad SMARTS) is 1. The third-order valence-corrected chi connectivity index (χ3v) is 3.82. The van der Waals surface area contributed by atoms with Crippen molar-refractivity contribution < 1.29 is 9.90 Å². The monoisotopic (exact) mass is 292 g/mol. The van der Waals surface area contributed by atoms with Gasteiger partial charge in [0.05, 0.1) is 6.54 Å². The van der Waals surface area contributed by atoms with Gasteiger partial charge < -0.3 is 15.3 Å². The molecule has 1 fully saturated rings. The number of rotatable bonds is 6. The van der Waals surface area contributed by atoms with Crippen molar-refractivity contribution in [3.8, 4) is 0 Å². The van der Waals surface area contributed by atoms with Gasteiger partial charge in [-0.15, -0.1) is 0 Å². The van der Waals surface area contributed by atoms with Crippen molar-refractivity contribution in [2.75, 3.05) is 31.1 Å². The maximum atomic E-state index is 10.5. The van der Waals surface area contributed by atoms with Gasteiger partial charge in [-0.2, -0.15) is 0 Å². The van der Waals surface area contributed by atoms with Crippen molar-refractivity contribution in [3.05, 3.63) is 18.1 Å². The zero-order valence-electron chi connectivity index (χ0n) is 12.7. The van der Waals surface area contributed by atoms with Crippen molar-refractivity contribution >= 4 is 11.8 Å². The van der Waals surface area contributed by atoms with E-state index in [2.05, 4.69) is 40.1 Å². The fourth-order valence-corrected chi connectivity index (χ4v) is 2.67. The summed E-state index contributed by atoms with van der Waals surface area (Å²) in [6.07, 6.45) is 3.88. The molecule has 1 aliphatic rings. The number of aromatic nitrogens is 2. The summed E-state index contributed by atoms with van der Waals surface area (Å²) in [4.78, 5) is 21.5. The number of hydrogen-bond acceptors (Lipinski definition) is 5. The van der Waals surface area contributed by atoms with E-state index in [1.54, 1.807) is 6.33 Å². The molecule has 0 radical (unpaired) electrons. The molecule has 2 heterocycles. The molecule has 0 saturated carbocycles. The highest BCUT2D eigenvalue weighted by Crippen LogP contribution is 2.23. The van der Waals surface area contributed by atoms with Gasteiger partial charge in [-0.1, -0.05) is 13.8 Å². The summed E-state index contributed by atoms with van der Waals surface area (Å²) in [5, 5.41) is 11.7. The lowest BCUT2D eigenvalue weighted by molar-refractivity contribution is -0.136. The van der Waals surface area contributed by atoms with Crippen LogP contribution in [-0.4, -0.2) is 47.2 Å². The molecule has 2 rings (SSSR count). The van der Waals surface area contributed by atoms with E-state index in [0.29, 0.717) is 11.8 Å². The molecule has 0 amide bonds. The van der Waals surface area contributed by atoms with Crippen LogP contribution in [0.1, 0.15) is 38.3 Å². The fourth-order valence-electron chi connectivity index (χ4n) is 2.67. The Morgan fingerprint density at radius 1 is 1.52 bits per heavy atom. The van der Waals surface area contributed by atoms with Gasteiger partial charge in [0, 0.05) is 31.4 Å². The second kappa shape index (κ2) is 7.36. The lowest BCUT2D eigenvalue weighted by Crippen LogP contribution is -2.41. The predicted octanol–water partition coefficient (Wildman–Crippen LogP) is 1.49. The van der Waals surface area contributed by atoms with Crippen LogP contribution < -0.4 is 10.2 Å². The van der Waals surface area contributed by atoms with Crippen molar-refractivity contribution in [1.82, 2.24) is 15.3 Å². The maximum absolute atomic E-state index is 10.5. The first kappa shape index (κ1) is 15.7. The molecule has 2 N–H and O–H groups in total. The molecular weight excluding hydrogens is 268 g/mol. The van der Waals surface area contributed by atoms with Crippen molar-refractivity contribution in [2.24, 2.45) is 5.92 Å². The topological polar surface area (TPSA) is 78.4 Å². The average Bonchev–Trinajstić information content (AvgIpc) is 2.47. The van der Waals surface area contributed by atoms with E-state index < -0.39 is 5.97 Å². The van der Waals surface area contributed by atoms with Crippen molar-refractivity contribution in [2.45, 2.75) is 32.6 Å². The zero-order chi connectivity index (χ0) is 15.2. The van der Waals surface area contributed by atoms with E-state index in [1.165, 1.54) is 0 Å². The van der Waals surface area contributed by atoms with E-state index in [1.807, 2.05) is 0 Å². The Balaban J connectivity index is 1.94. The minimum absolute atomic E-state index is 0.0293. The number of nitrogens with zero attached hydrogens (tertiary/aromatic N) is 3. The summed E-state index contributed by atoms with van der Waals surface area (Å²) in [6.45, 7) is 6.94. The lowest BCUT2D eigenvalue weighted by atomic mass is 9.98. The van der Waals surface area contributed by atoms with Crippen LogP contribution in [0.3, 0.4) is 0 Å². The number of hydrogen-bond donors (Lipinski definition) is 2. The molecular formula is C15H24N4O2. The molecule has 0 bridgehead atoms. The highest BCUT2D eigenvalue weighted by atomic mass is 16.4. The molecule has 6 heteroatoms. The number of carbonyl (C=O) groups is 1. The summed E-state index contributed by atoms with van der Waals surface area (Å²) in [6, 6.07) is 2.07. The van der Waals surface area contributed by atoms with Crippen molar-refractivity contribution in [3.63, 3.8) is 0 Å². The Labute approximate surface area is 125 Å². The predicted molar refractivity (Wildman–Crippen MR) is 81.6 cm³/mol. The minimum atomic E-state index is -0.806. The number of carboxylic acids is 1. The second-order valence-corrected chi connectivity index (χ2v) is 5.93. The summed E-state index contributed by atoms with van der Waals surface area (Å²) >= 11 is 0. The minimum Gasteiger partial charge on any atom is -0.480 e. The normalized spacial score (nSPS) is 19.0. The van der Waals surface area contributed by atoms with Crippen LogP contribution in [0, 0.1) is 5.92 Å². The molecule has 0 aromatic carbocycles. The van der Waals surface area contributed by atoms with Crippen LogP contribution >= 0.6 is 0 Å². The lowest BCUT2D eigenvalue weighted by Gasteiger charge is -2.33. The molecule has 1 aromatic rings. The molecule has 0 aliphatic carbocycles. The number of aliphatic carboxylic acids is 1. The number of nitrogens with one attached hydrogen (secondary N) is 1. The summed E-state index contributed by atoms with van der Waals surface area (Å²) in [7, 11) is 0. The Hall–Kier alpha value is -1.69. The van der Waals surface area contributed by atoms with Gasteiger partial charge in [0.1, 0.15) is 12.1 Å². The van der Waals surface area contributed by atoms with Gasteiger partial charge in [0.2, 0.25) is 0 Å². The average molecular weight is 292 g/mol. The Morgan fingerprint density at radius 2 is 2.33 bits per heavy atom. The van der Waals surface area contributed by atoms with Crippen LogP contribution in [0.25, 0.3) is 0 Å². The van der Waals surface area contributed by atoms with Crippen LogP contribution in [0.5, 0.6) is 0 Å². The SMILES string of the molecule is CC(C)c1cc(N2CCCC(CNCC(=O)O)C2)ncn1. The molecule has 1 unspecified atom stereocenters. The molecule has 0 spiro atoms. The van der Waals surface area contributed by atoms with E-state index >= 15 is 0 Å². The third-order valence-electron chi connectivity index (χ3n) is 3.82. The highest BCUT2D eigenvalue weighted by Gasteiger charge is 2.21. The molecule has 6 nitrogen and oxygen atoms in total. The smallest absolute Gasteiger partial charge is 0.317 e. The second-order valence-electron chi connectivity index (χ2n) is 5.93. The molecule has 1 atom stereocenters. The standard InChI is InChI=1S/C15H24N4O2/c1-11(2)13-6-14(18-10-17-13)19-5-3-4-12(9-19)7-16-8-15(20)21/h6,10-12,16H,3-5,7-9H2,1-2H3,(H,20,21). The largest absolute Gasteiger partial charge is 0.480 e. The van der Waals surface area contributed by atoms with Gasteiger partial charge in [-0.05, 0) is 24.7 Å². The van der Waals surface area contributed by atoms with Crippen LogP contribution in [0.4, 0.5) is 5.82 Å². The summed E-state index contributed by atoms with van der Waals surface area (Å²) in [5.74, 6) is 1.04. The van der Waals surface area contributed by atoms with E-state index in [4.69, 9.17) is 5.11 Å². The summed E-state index contributed by atoms with van der Waals surface area (Å²) < 4.78 is 0. The Kier molecular flexibility index (Phi) is 5.50. The van der Waals surface area contributed by atoms with Gasteiger partial charge >= 0.3 is 5.97 Å². The number of piperidine rings is 1. The number of anilines is 1. The van der Waals surface area contributed by atoms with E-state index in [-0.39, 0.29) is 6.54 Å². The van der Waals surface area contributed by atoms with Gasteiger partial charge in [-0.3, -0.25) is 4.79 Å². The molecule has 116 valence electrons. The Morgan fingerprint density at radius 3 is 3.05 bits per heavy atom. The van der Waals surface area contributed by atoms with Gasteiger partial charge in [0.15, 0.2) is 0 Å².